The van der Waals surface area contributed by atoms with Crippen molar-refractivity contribution in [3.63, 3.8) is 0 Å². The number of anilines is 2. The number of aromatic nitrogens is 1. The number of fused-ring (bicyclic) bond motifs is 1. The fourth-order valence-electron chi connectivity index (χ4n) is 2.60. The molecule has 0 atom stereocenters. The van der Waals surface area contributed by atoms with Crippen molar-refractivity contribution in [2.75, 3.05) is 10.2 Å². The zero-order valence-electron chi connectivity index (χ0n) is 12.8. The van der Waals surface area contributed by atoms with Crippen molar-refractivity contribution in [3.8, 4) is 0 Å². The molecule has 3 amide bonds. The minimum absolute atomic E-state index is 0.141. The molecule has 0 fully saturated rings. The van der Waals surface area contributed by atoms with Crippen LogP contribution in [0.2, 0.25) is 0 Å². The quantitative estimate of drug-likeness (QED) is 0.744. The Balaban J connectivity index is 1.56. The summed E-state index contributed by atoms with van der Waals surface area (Å²) in [5.74, 6) is -1.08. The van der Waals surface area contributed by atoms with Gasteiger partial charge in [-0.05, 0) is 48.5 Å². The van der Waals surface area contributed by atoms with E-state index in [-0.39, 0.29) is 22.9 Å². The molecule has 0 spiro atoms. The second-order valence-electron chi connectivity index (χ2n) is 5.32. The number of imide groups is 1. The second kappa shape index (κ2) is 5.72. The third-order valence-corrected chi connectivity index (χ3v) is 3.78. The summed E-state index contributed by atoms with van der Waals surface area (Å²) in [6, 6.07) is 12.7. The van der Waals surface area contributed by atoms with E-state index in [0.29, 0.717) is 11.4 Å². The summed E-state index contributed by atoms with van der Waals surface area (Å²) in [4.78, 5) is 41.8. The van der Waals surface area contributed by atoms with Crippen molar-refractivity contribution >= 4 is 29.1 Å². The van der Waals surface area contributed by atoms with Crippen LogP contribution in [-0.4, -0.2) is 22.7 Å². The van der Waals surface area contributed by atoms with Crippen LogP contribution in [0.3, 0.4) is 0 Å². The molecule has 1 aliphatic rings. The molecule has 3 aromatic rings. The van der Waals surface area contributed by atoms with Gasteiger partial charge in [0.1, 0.15) is 5.69 Å². The van der Waals surface area contributed by atoms with Gasteiger partial charge in [0.25, 0.3) is 17.7 Å². The first-order valence-electron chi connectivity index (χ1n) is 7.44. The normalized spacial score (nSPS) is 13.0. The van der Waals surface area contributed by atoms with Crippen LogP contribution in [0.4, 0.5) is 11.4 Å². The van der Waals surface area contributed by atoms with Gasteiger partial charge >= 0.3 is 0 Å². The first-order valence-corrected chi connectivity index (χ1v) is 7.44. The second-order valence-corrected chi connectivity index (χ2v) is 5.32. The molecule has 4 rings (SSSR count). The minimum Gasteiger partial charge on any atom is -0.459 e. The van der Waals surface area contributed by atoms with Gasteiger partial charge in [0.05, 0.1) is 17.5 Å². The van der Waals surface area contributed by atoms with Crippen LogP contribution in [0.1, 0.15) is 31.4 Å². The number of benzene rings is 1. The number of nitrogens with zero attached hydrogens (tertiary/aromatic N) is 2. The maximum atomic E-state index is 12.4. The average molecular weight is 333 g/mol. The highest BCUT2D eigenvalue weighted by Gasteiger charge is 2.37. The Kier molecular flexibility index (Phi) is 3.39. The number of nitrogens with one attached hydrogen (secondary N) is 1. The van der Waals surface area contributed by atoms with E-state index in [1.165, 1.54) is 12.5 Å². The molecular weight excluding hydrogens is 322 g/mol. The van der Waals surface area contributed by atoms with E-state index in [0.717, 1.165) is 4.90 Å². The van der Waals surface area contributed by atoms with Crippen LogP contribution < -0.4 is 10.2 Å². The van der Waals surface area contributed by atoms with E-state index in [2.05, 4.69) is 10.3 Å². The van der Waals surface area contributed by atoms with Crippen LogP contribution in [0, 0.1) is 0 Å². The molecule has 1 N–H and O–H groups in total. The van der Waals surface area contributed by atoms with Crippen molar-refractivity contribution in [3.05, 3.63) is 78.0 Å². The van der Waals surface area contributed by atoms with E-state index in [1.54, 1.807) is 48.5 Å². The lowest BCUT2D eigenvalue weighted by Gasteiger charge is -2.14. The summed E-state index contributed by atoms with van der Waals surface area (Å²) in [6.07, 6.45) is 2.88. The molecule has 0 saturated carbocycles. The highest BCUT2D eigenvalue weighted by atomic mass is 16.3. The number of amides is 3. The van der Waals surface area contributed by atoms with Gasteiger partial charge in [0.15, 0.2) is 5.76 Å². The number of hydrogen-bond donors (Lipinski definition) is 1. The first-order chi connectivity index (χ1) is 12.1. The number of furan rings is 1. The summed E-state index contributed by atoms with van der Waals surface area (Å²) < 4.78 is 5.02. The third kappa shape index (κ3) is 2.47. The van der Waals surface area contributed by atoms with Gasteiger partial charge in [0.2, 0.25) is 0 Å². The van der Waals surface area contributed by atoms with E-state index in [1.807, 2.05) is 0 Å². The lowest BCUT2D eigenvalue weighted by molar-refractivity contribution is 0.0923. The van der Waals surface area contributed by atoms with Crippen molar-refractivity contribution < 1.29 is 18.8 Å². The predicted octanol–water partition coefficient (Wildman–Crippen LogP) is 2.73. The number of hydrogen-bond acceptors (Lipinski definition) is 5. The van der Waals surface area contributed by atoms with Crippen LogP contribution in [-0.2, 0) is 0 Å². The maximum Gasteiger partial charge on any atom is 0.291 e. The fraction of sp³-hybridized carbons (Fsp3) is 0. The molecule has 122 valence electrons. The Bertz CT molecular complexity index is 943. The lowest BCUT2D eigenvalue weighted by Crippen LogP contribution is -2.29. The zero-order chi connectivity index (χ0) is 17.4. The molecule has 0 radical (unpaired) electrons. The standard InChI is InChI=1S/C18H11N3O4/c22-16(14-4-2-10-25-14)20-11-5-7-12(8-6-11)21-17(23)13-3-1-9-19-15(13)18(21)24/h1-10H,(H,20,22). The summed E-state index contributed by atoms with van der Waals surface area (Å²) in [6.45, 7) is 0. The molecule has 7 nitrogen and oxygen atoms in total. The third-order valence-electron chi connectivity index (χ3n) is 3.78. The van der Waals surface area contributed by atoms with E-state index in [9.17, 15) is 14.4 Å². The van der Waals surface area contributed by atoms with Crippen LogP contribution in [0.5, 0.6) is 0 Å². The number of rotatable bonds is 3. The summed E-state index contributed by atoms with van der Waals surface area (Å²) in [5.41, 5.74) is 1.34. The predicted molar refractivity (Wildman–Crippen MR) is 88.5 cm³/mol. The van der Waals surface area contributed by atoms with Crippen molar-refractivity contribution in [1.82, 2.24) is 4.98 Å². The molecule has 0 saturated heterocycles. The molecule has 0 unspecified atom stereocenters. The Morgan fingerprint density at radius 1 is 1.00 bits per heavy atom. The van der Waals surface area contributed by atoms with Gasteiger partial charge in [-0.1, -0.05) is 0 Å². The van der Waals surface area contributed by atoms with Gasteiger partial charge < -0.3 is 9.73 Å². The van der Waals surface area contributed by atoms with Gasteiger partial charge in [-0.2, -0.15) is 0 Å². The molecule has 2 aromatic heterocycles. The average Bonchev–Trinajstić information content (AvgIpc) is 3.25. The highest BCUT2D eigenvalue weighted by molar-refractivity contribution is 6.33. The Labute approximate surface area is 141 Å². The van der Waals surface area contributed by atoms with E-state index >= 15 is 0 Å². The highest BCUT2D eigenvalue weighted by Crippen LogP contribution is 2.28. The maximum absolute atomic E-state index is 12.4. The first kappa shape index (κ1) is 14.8. The molecule has 7 heteroatoms. The Morgan fingerprint density at radius 2 is 1.80 bits per heavy atom. The lowest BCUT2D eigenvalue weighted by atomic mass is 10.2. The van der Waals surface area contributed by atoms with Crippen LogP contribution in [0.15, 0.2) is 65.4 Å². The molecule has 1 aliphatic heterocycles. The monoisotopic (exact) mass is 333 g/mol. The van der Waals surface area contributed by atoms with Crippen molar-refractivity contribution in [1.29, 1.82) is 0 Å². The SMILES string of the molecule is O=C(Nc1ccc(N2C(=O)c3cccnc3C2=O)cc1)c1ccco1. The Hall–Kier alpha value is -3.74. The van der Waals surface area contributed by atoms with Crippen molar-refractivity contribution in [2.24, 2.45) is 0 Å². The number of pyridine rings is 1. The topological polar surface area (TPSA) is 92.5 Å². The number of carbonyl (C=O) groups excluding carboxylic acids is 3. The molecule has 25 heavy (non-hydrogen) atoms. The molecule has 0 aliphatic carbocycles. The molecule has 1 aromatic carbocycles. The van der Waals surface area contributed by atoms with Gasteiger partial charge in [-0.3, -0.25) is 19.4 Å². The molecular formula is C18H11N3O4. The van der Waals surface area contributed by atoms with Gasteiger partial charge in [0, 0.05) is 11.9 Å². The van der Waals surface area contributed by atoms with Crippen molar-refractivity contribution in [2.45, 2.75) is 0 Å². The van der Waals surface area contributed by atoms with E-state index in [4.69, 9.17) is 4.42 Å². The van der Waals surface area contributed by atoms with E-state index < -0.39 is 11.8 Å². The van der Waals surface area contributed by atoms with Crippen LogP contribution in [0.25, 0.3) is 0 Å². The van der Waals surface area contributed by atoms with Gasteiger partial charge in [-0.15, -0.1) is 0 Å². The zero-order valence-corrected chi connectivity index (χ0v) is 12.8. The van der Waals surface area contributed by atoms with Crippen LogP contribution >= 0.6 is 0 Å². The fourth-order valence-corrected chi connectivity index (χ4v) is 2.60. The summed E-state index contributed by atoms with van der Waals surface area (Å²) in [7, 11) is 0. The van der Waals surface area contributed by atoms with Gasteiger partial charge in [-0.25, -0.2) is 4.90 Å². The summed E-state index contributed by atoms with van der Waals surface area (Å²) in [5, 5.41) is 2.67. The molecule has 0 bridgehead atoms. The number of carbonyl (C=O) groups is 3. The Morgan fingerprint density at radius 3 is 2.48 bits per heavy atom. The summed E-state index contributed by atoms with van der Waals surface area (Å²) >= 11 is 0. The smallest absolute Gasteiger partial charge is 0.291 e. The minimum atomic E-state index is -0.465. The molecule has 3 heterocycles. The largest absolute Gasteiger partial charge is 0.459 e.